The molecular formula is C15H23N5O. The lowest BCUT2D eigenvalue weighted by atomic mass is 10.1. The van der Waals surface area contributed by atoms with Crippen LogP contribution in [0.1, 0.15) is 25.7 Å². The predicted molar refractivity (Wildman–Crippen MR) is 82.3 cm³/mol. The van der Waals surface area contributed by atoms with Gasteiger partial charge in [0.15, 0.2) is 0 Å². The van der Waals surface area contributed by atoms with E-state index in [2.05, 4.69) is 32.1 Å². The molecule has 1 aromatic heterocycles. The Hall–Kier alpha value is -1.69. The molecule has 6 heteroatoms. The molecule has 0 unspecified atom stereocenters. The Morgan fingerprint density at radius 3 is 2.62 bits per heavy atom. The fourth-order valence-electron chi connectivity index (χ4n) is 3.04. The number of anilines is 2. The van der Waals surface area contributed by atoms with Crippen molar-refractivity contribution in [3.63, 3.8) is 0 Å². The standard InChI is InChI=1S/C15H23N5O/c1-19-6-8-20(9-7-19)14-10-13(16-11-17-14)18-15(21)12-4-2-3-5-12/h10-12H,2-9H2,1H3,(H,16,17,18,21). The lowest BCUT2D eigenvalue weighted by Gasteiger charge is -2.33. The Kier molecular flexibility index (Phi) is 4.34. The van der Waals surface area contributed by atoms with E-state index in [9.17, 15) is 4.79 Å². The van der Waals surface area contributed by atoms with Crippen molar-refractivity contribution in [3.05, 3.63) is 12.4 Å². The van der Waals surface area contributed by atoms with Crippen molar-refractivity contribution in [1.82, 2.24) is 14.9 Å². The number of likely N-dealkylation sites (N-methyl/N-ethyl adjacent to an activating group) is 1. The summed E-state index contributed by atoms with van der Waals surface area (Å²) in [4.78, 5) is 25.2. The minimum Gasteiger partial charge on any atom is -0.354 e. The van der Waals surface area contributed by atoms with Gasteiger partial charge in [0.05, 0.1) is 0 Å². The van der Waals surface area contributed by atoms with Crippen molar-refractivity contribution in [2.45, 2.75) is 25.7 Å². The molecule has 1 aliphatic carbocycles. The van der Waals surface area contributed by atoms with E-state index in [-0.39, 0.29) is 11.8 Å². The van der Waals surface area contributed by atoms with Gasteiger partial charge in [0.1, 0.15) is 18.0 Å². The van der Waals surface area contributed by atoms with Crippen LogP contribution in [0, 0.1) is 5.92 Å². The molecule has 21 heavy (non-hydrogen) atoms. The first-order valence-corrected chi connectivity index (χ1v) is 7.79. The van der Waals surface area contributed by atoms with Crippen LogP contribution in [0.15, 0.2) is 12.4 Å². The molecule has 3 rings (SSSR count). The molecule has 1 aliphatic heterocycles. The van der Waals surface area contributed by atoms with Crippen molar-refractivity contribution in [2.75, 3.05) is 43.4 Å². The van der Waals surface area contributed by atoms with E-state index in [1.807, 2.05) is 6.07 Å². The van der Waals surface area contributed by atoms with E-state index < -0.39 is 0 Å². The summed E-state index contributed by atoms with van der Waals surface area (Å²) in [6, 6.07) is 1.89. The van der Waals surface area contributed by atoms with Crippen LogP contribution in [0.3, 0.4) is 0 Å². The second-order valence-electron chi connectivity index (χ2n) is 6.02. The Morgan fingerprint density at radius 2 is 1.90 bits per heavy atom. The minimum absolute atomic E-state index is 0.107. The van der Waals surface area contributed by atoms with Crippen molar-refractivity contribution in [3.8, 4) is 0 Å². The molecule has 6 nitrogen and oxygen atoms in total. The summed E-state index contributed by atoms with van der Waals surface area (Å²) in [5, 5.41) is 2.94. The normalized spacial score (nSPS) is 20.7. The largest absolute Gasteiger partial charge is 0.354 e. The number of piperazine rings is 1. The monoisotopic (exact) mass is 289 g/mol. The van der Waals surface area contributed by atoms with Gasteiger partial charge in [-0.1, -0.05) is 12.8 Å². The lowest BCUT2D eigenvalue weighted by Crippen LogP contribution is -2.44. The zero-order chi connectivity index (χ0) is 14.7. The molecule has 114 valence electrons. The molecule has 0 radical (unpaired) electrons. The van der Waals surface area contributed by atoms with Gasteiger partial charge in [-0.15, -0.1) is 0 Å². The number of aromatic nitrogens is 2. The summed E-state index contributed by atoms with van der Waals surface area (Å²) in [6.07, 6.45) is 5.87. The number of rotatable bonds is 3. The molecule has 2 heterocycles. The molecule has 1 saturated heterocycles. The van der Waals surface area contributed by atoms with Gasteiger partial charge in [-0.2, -0.15) is 0 Å². The molecule has 0 bridgehead atoms. The summed E-state index contributed by atoms with van der Waals surface area (Å²) < 4.78 is 0. The maximum Gasteiger partial charge on any atom is 0.228 e. The minimum atomic E-state index is 0.107. The number of hydrogen-bond donors (Lipinski definition) is 1. The van der Waals surface area contributed by atoms with Crippen molar-refractivity contribution in [2.24, 2.45) is 5.92 Å². The quantitative estimate of drug-likeness (QED) is 0.910. The molecular weight excluding hydrogens is 266 g/mol. The highest BCUT2D eigenvalue weighted by atomic mass is 16.1. The van der Waals surface area contributed by atoms with Gasteiger partial charge in [-0.3, -0.25) is 4.79 Å². The van der Waals surface area contributed by atoms with Gasteiger partial charge in [0, 0.05) is 38.2 Å². The van der Waals surface area contributed by atoms with E-state index in [4.69, 9.17) is 0 Å². The maximum absolute atomic E-state index is 12.2. The van der Waals surface area contributed by atoms with Gasteiger partial charge in [-0.25, -0.2) is 9.97 Å². The van der Waals surface area contributed by atoms with E-state index in [0.717, 1.165) is 57.7 Å². The van der Waals surface area contributed by atoms with Gasteiger partial charge in [0.25, 0.3) is 0 Å². The number of amides is 1. The van der Waals surface area contributed by atoms with E-state index >= 15 is 0 Å². The van der Waals surface area contributed by atoms with Gasteiger partial charge < -0.3 is 15.1 Å². The molecule has 1 amide bonds. The number of nitrogens with one attached hydrogen (secondary N) is 1. The van der Waals surface area contributed by atoms with E-state index in [0.29, 0.717) is 5.82 Å². The zero-order valence-corrected chi connectivity index (χ0v) is 12.6. The maximum atomic E-state index is 12.2. The molecule has 1 N–H and O–H groups in total. The molecule has 1 saturated carbocycles. The van der Waals surface area contributed by atoms with E-state index in [1.165, 1.54) is 6.33 Å². The average Bonchev–Trinajstić information content (AvgIpc) is 3.02. The zero-order valence-electron chi connectivity index (χ0n) is 12.6. The van der Waals surface area contributed by atoms with E-state index in [1.54, 1.807) is 0 Å². The average molecular weight is 289 g/mol. The Bertz CT molecular complexity index is 493. The van der Waals surface area contributed by atoms with Crippen LogP contribution in [0.25, 0.3) is 0 Å². The second-order valence-corrected chi connectivity index (χ2v) is 6.02. The van der Waals surface area contributed by atoms with Crippen molar-refractivity contribution < 1.29 is 4.79 Å². The van der Waals surface area contributed by atoms with Crippen LogP contribution < -0.4 is 10.2 Å². The van der Waals surface area contributed by atoms with Crippen LogP contribution in [0.4, 0.5) is 11.6 Å². The highest BCUT2D eigenvalue weighted by Crippen LogP contribution is 2.26. The third-order valence-corrected chi connectivity index (χ3v) is 4.46. The highest BCUT2D eigenvalue weighted by Gasteiger charge is 2.23. The van der Waals surface area contributed by atoms with Gasteiger partial charge >= 0.3 is 0 Å². The number of nitrogens with zero attached hydrogens (tertiary/aromatic N) is 4. The van der Waals surface area contributed by atoms with Crippen LogP contribution in [-0.4, -0.2) is 54.0 Å². The molecule has 0 atom stereocenters. The summed E-state index contributed by atoms with van der Waals surface area (Å²) >= 11 is 0. The van der Waals surface area contributed by atoms with Crippen LogP contribution >= 0.6 is 0 Å². The molecule has 1 aromatic rings. The SMILES string of the molecule is CN1CCN(c2cc(NC(=O)C3CCCC3)ncn2)CC1. The van der Waals surface area contributed by atoms with Gasteiger partial charge in [0.2, 0.25) is 5.91 Å². The Balaban J connectivity index is 1.64. The molecule has 2 fully saturated rings. The number of hydrogen-bond acceptors (Lipinski definition) is 5. The molecule has 0 aromatic carbocycles. The van der Waals surface area contributed by atoms with Crippen LogP contribution in [0.5, 0.6) is 0 Å². The van der Waals surface area contributed by atoms with Crippen molar-refractivity contribution in [1.29, 1.82) is 0 Å². The van der Waals surface area contributed by atoms with Crippen LogP contribution in [0.2, 0.25) is 0 Å². The first-order chi connectivity index (χ1) is 10.2. The predicted octanol–water partition coefficient (Wildman–Crippen LogP) is 1.36. The Morgan fingerprint density at radius 1 is 1.19 bits per heavy atom. The van der Waals surface area contributed by atoms with Crippen molar-refractivity contribution >= 4 is 17.5 Å². The summed E-state index contributed by atoms with van der Waals surface area (Å²) in [7, 11) is 2.13. The first kappa shape index (κ1) is 14.3. The topological polar surface area (TPSA) is 61.4 Å². The summed E-state index contributed by atoms with van der Waals surface area (Å²) in [5.74, 6) is 1.79. The number of carbonyl (C=O) groups excluding carboxylic acids is 1. The van der Waals surface area contributed by atoms with Gasteiger partial charge in [-0.05, 0) is 19.9 Å². The smallest absolute Gasteiger partial charge is 0.228 e. The molecule has 0 spiro atoms. The third kappa shape index (κ3) is 3.50. The first-order valence-electron chi connectivity index (χ1n) is 7.79. The summed E-state index contributed by atoms with van der Waals surface area (Å²) in [5.41, 5.74) is 0. The molecule has 2 aliphatic rings. The fraction of sp³-hybridized carbons (Fsp3) is 0.667. The fourth-order valence-corrected chi connectivity index (χ4v) is 3.04. The highest BCUT2D eigenvalue weighted by molar-refractivity contribution is 5.92. The second kappa shape index (κ2) is 6.39. The Labute approximate surface area is 125 Å². The number of carbonyl (C=O) groups is 1. The third-order valence-electron chi connectivity index (χ3n) is 4.46. The summed E-state index contributed by atoms with van der Waals surface area (Å²) in [6.45, 7) is 3.99. The van der Waals surface area contributed by atoms with Crippen LogP contribution in [-0.2, 0) is 4.79 Å². The lowest BCUT2D eigenvalue weighted by molar-refractivity contribution is -0.119.